The number of nitrogens with zero attached hydrogens (tertiary/aromatic N) is 2. The molecular formula is C50H42N2+2. The van der Waals surface area contributed by atoms with Crippen LogP contribution in [0.15, 0.2) is 218 Å². The third-order valence-electron chi connectivity index (χ3n) is 10.2. The zero-order chi connectivity index (χ0) is 35.4. The van der Waals surface area contributed by atoms with Crippen molar-refractivity contribution in [2.45, 2.75) is 13.8 Å². The van der Waals surface area contributed by atoms with Crippen LogP contribution in [0, 0.1) is 13.8 Å². The highest BCUT2D eigenvalue weighted by Gasteiger charge is 2.40. The molecule has 0 saturated heterocycles. The van der Waals surface area contributed by atoms with Crippen LogP contribution in [0.4, 0.5) is 45.5 Å². The van der Waals surface area contributed by atoms with E-state index in [9.17, 15) is 0 Å². The summed E-state index contributed by atoms with van der Waals surface area (Å²) >= 11 is 0. The smallest absolute Gasteiger partial charge is 0.148 e. The fourth-order valence-corrected chi connectivity index (χ4v) is 7.82. The van der Waals surface area contributed by atoms with Crippen LogP contribution in [-0.4, -0.2) is 0 Å². The average molecular weight is 671 g/mol. The molecule has 0 spiro atoms. The second-order valence-electron chi connectivity index (χ2n) is 13.5. The lowest BCUT2D eigenvalue weighted by Gasteiger charge is -2.37. The molecule has 250 valence electrons. The molecule has 0 bridgehead atoms. The summed E-state index contributed by atoms with van der Waals surface area (Å²) in [6.45, 7) is 4.34. The largest absolute Gasteiger partial charge is 0.194 e. The molecule has 0 heterocycles. The molecule has 8 aromatic carbocycles. The van der Waals surface area contributed by atoms with Crippen LogP contribution >= 0.6 is 0 Å². The number of benzene rings is 8. The first-order chi connectivity index (χ1) is 25.6. The molecule has 52 heavy (non-hydrogen) atoms. The summed E-state index contributed by atoms with van der Waals surface area (Å²) in [6.07, 6.45) is 0. The molecule has 0 aliphatic heterocycles. The normalized spacial score (nSPS) is 11.7. The summed E-state index contributed by atoms with van der Waals surface area (Å²) in [5, 5.41) is 0. The predicted molar refractivity (Wildman–Crippen MR) is 222 cm³/mol. The standard InChI is InChI=1S/C50H42N2/c1-39-17-15-27-49(37-39)51(43-19-7-3-8-20-43,44-21-9-4-10-22-44)47-33-29-41(30-34-47)42-31-35-48(36-32-42)52(45-23-11-5-12-24-45,46-25-13-6-14-26-46)50-28-16-18-40(2)38-50/h3-38H,1-2H3/q+2. The van der Waals surface area contributed by atoms with Crippen LogP contribution in [0.5, 0.6) is 0 Å². The third kappa shape index (κ3) is 5.75. The van der Waals surface area contributed by atoms with Crippen molar-refractivity contribution in [3.8, 4) is 11.1 Å². The topological polar surface area (TPSA) is 0 Å². The number of quaternary nitrogens is 2. The predicted octanol–water partition coefficient (Wildman–Crippen LogP) is 14.6. The van der Waals surface area contributed by atoms with Gasteiger partial charge in [0.1, 0.15) is 45.5 Å². The van der Waals surface area contributed by atoms with Crippen molar-refractivity contribution in [3.63, 3.8) is 0 Å². The Balaban J connectivity index is 1.27. The Morgan fingerprint density at radius 3 is 0.750 bits per heavy atom. The summed E-state index contributed by atoms with van der Waals surface area (Å²) in [5.74, 6) is 0. The molecule has 0 radical (unpaired) electrons. The number of hydrogen-bond donors (Lipinski definition) is 0. The molecule has 2 nitrogen and oxygen atoms in total. The van der Waals surface area contributed by atoms with E-state index in [-0.39, 0.29) is 0 Å². The van der Waals surface area contributed by atoms with Crippen molar-refractivity contribution < 1.29 is 0 Å². The maximum atomic E-state index is 2.31. The van der Waals surface area contributed by atoms with Gasteiger partial charge < -0.3 is 0 Å². The lowest BCUT2D eigenvalue weighted by Crippen LogP contribution is -2.33. The van der Waals surface area contributed by atoms with Gasteiger partial charge in [0.05, 0.1) is 0 Å². The Bertz CT molecular complexity index is 2130. The van der Waals surface area contributed by atoms with Crippen molar-refractivity contribution in [2.24, 2.45) is 0 Å². The Kier molecular flexibility index (Phi) is 8.93. The van der Waals surface area contributed by atoms with Crippen molar-refractivity contribution in [2.75, 3.05) is 0 Å². The summed E-state index contributed by atoms with van der Waals surface area (Å²) in [7, 11) is 0. The van der Waals surface area contributed by atoms with Gasteiger partial charge >= 0.3 is 0 Å². The molecule has 2 heteroatoms. The van der Waals surface area contributed by atoms with Gasteiger partial charge in [-0.05, 0) is 60.4 Å². The first kappa shape index (κ1) is 32.9. The Labute approximate surface area is 308 Å². The van der Waals surface area contributed by atoms with E-state index >= 15 is 0 Å². The molecule has 8 aromatic rings. The lowest BCUT2D eigenvalue weighted by molar-refractivity contribution is 0.703. The van der Waals surface area contributed by atoms with Crippen molar-refractivity contribution in [1.82, 2.24) is 8.97 Å². The van der Waals surface area contributed by atoms with Crippen molar-refractivity contribution >= 4 is 45.5 Å². The van der Waals surface area contributed by atoms with E-state index in [1.807, 2.05) is 0 Å². The van der Waals surface area contributed by atoms with Gasteiger partial charge in [-0.3, -0.25) is 0 Å². The van der Waals surface area contributed by atoms with Gasteiger partial charge in [0.25, 0.3) is 0 Å². The molecule has 0 aliphatic rings. The highest BCUT2D eigenvalue weighted by atomic mass is 15.4. The zero-order valence-electron chi connectivity index (χ0n) is 29.7. The van der Waals surface area contributed by atoms with E-state index in [2.05, 4.69) is 232 Å². The lowest BCUT2D eigenvalue weighted by atomic mass is 10.00. The third-order valence-corrected chi connectivity index (χ3v) is 10.2. The molecule has 0 N–H and O–H groups in total. The minimum atomic E-state index is 0.479. The number of rotatable bonds is 9. The van der Waals surface area contributed by atoms with Gasteiger partial charge in [0, 0.05) is 97.1 Å². The van der Waals surface area contributed by atoms with Crippen molar-refractivity contribution in [1.29, 1.82) is 0 Å². The summed E-state index contributed by atoms with van der Waals surface area (Å²) in [6, 6.07) is 79.4. The quantitative estimate of drug-likeness (QED) is 0.134. The Morgan fingerprint density at radius 1 is 0.231 bits per heavy atom. The molecule has 8 rings (SSSR count). The molecule has 0 unspecified atom stereocenters. The Morgan fingerprint density at radius 2 is 0.481 bits per heavy atom. The minimum Gasteiger partial charge on any atom is -0.194 e. The number of hydrogen-bond acceptors (Lipinski definition) is 0. The molecular weight excluding hydrogens is 629 g/mol. The van der Waals surface area contributed by atoms with E-state index in [1.165, 1.54) is 67.8 Å². The van der Waals surface area contributed by atoms with Crippen LogP contribution in [0.1, 0.15) is 11.1 Å². The fourth-order valence-electron chi connectivity index (χ4n) is 7.82. The summed E-state index contributed by atoms with van der Waals surface area (Å²) in [5.41, 5.74) is 14.3. The van der Waals surface area contributed by atoms with Gasteiger partial charge in [-0.15, -0.1) is 0 Å². The summed E-state index contributed by atoms with van der Waals surface area (Å²) < 4.78 is 0.959. The van der Waals surface area contributed by atoms with E-state index in [0.717, 1.165) is 0 Å². The SMILES string of the molecule is Cc1cccc([N+](c2ccccc2)(c2ccccc2)c2ccc(-c3ccc([N+](c4ccccc4)(c4ccccc4)c4cccc(C)c4)cc3)cc2)c1. The fraction of sp³-hybridized carbons (Fsp3) is 0.0400. The second kappa shape index (κ2) is 14.1. The molecule has 0 aliphatic carbocycles. The van der Waals surface area contributed by atoms with Crippen LogP contribution in [0.25, 0.3) is 11.1 Å². The highest BCUT2D eigenvalue weighted by molar-refractivity contribution is 5.85. The van der Waals surface area contributed by atoms with Crippen molar-refractivity contribution in [3.05, 3.63) is 230 Å². The highest BCUT2D eigenvalue weighted by Crippen LogP contribution is 2.53. The molecule has 0 amide bonds. The van der Waals surface area contributed by atoms with Gasteiger partial charge in [-0.2, -0.15) is 8.97 Å². The first-order valence-electron chi connectivity index (χ1n) is 18.0. The van der Waals surface area contributed by atoms with Crippen LogP contribution < -0.4 is 8.97 Å². The van der Waals surface area contributed by atoms with Crippen LogP contribution in [-0.2, 0) is 0 Å². The van der Waals surface area contributed by atoms with Gasteiger partial charge in [-0.1, -0.05) is 97.1 Å². The maximum absolute atomic E-state index is 2.31. The maximum Gasteiger partial charge on any atom is 0.148 e. The first-order valence-corrected chi connectivity index (χ1v) is 18.0. The molecule has 0 aromatic heterocycles. The van der Waals surface area contributed by atoms with E-state index in [1.54, 1.807) is 0 Å². The summed E-state index contributed by atoms with van der Waals surface area (Å²) in [4.78, 5) is 0. The van der Waals surface area contributed by atoms with Gasteiger partial charge in [0.2, 0.25) is 0 Å². The second-order valence-corrected chi connectivity index (χ2v) is 13.5. The van der Waals surface area contributed by atoms with E-state index in [4.69, 9.17) is 0 Å². The minimum absolute atomic E-state index is 0.479. The van der Waals surface area contributed by atoms with Gasteiger partial charge in [0.15, 0.2) is 0 Å². The van der Waals surface area contributed by atoms with E-state index in [0.29, 0.717) is 8.97 Å². The average Bonchev–Trinajstić information content (AvgIpc) is 3.21. The number of para-hydroxylation sites is 4. The number of aryl methyl sites for hydroxylation is 2. The van der Waals surface area contributed by atoms with Crippen LogP contribution in [0.3, 0.4) is 0 Å². The van der Waals surface area contributed by atoms with E-state index < -0.39 is 0 Å². The molecule has 0 atom stereocenters. The van der Waals surface area contributed by atoms with Crippen LogP contribution in [0.2, 0.25) is 0 Å². The molecule has 0 saturated carbocycles. The molecule has 0 fully saturated rings. The zero-order valence-corrected chi connectivity index (χ0v) is 29.7. The monoisotopic (exact) mass is 670 g/mol. The van der Waals surface area contributed by atoms with Gasteiger partial charge in [-0.25, -0.2) is 0 Å². The Hall–Kier alpha value is -6.32.